The molecule has 0 amide bonds. The van der Waals surface area contributed by atoms with E-state index in [1.807, 2.05) is 6.33 Å². The van der Waals surface area contributed by atoms with Gasteiger partial charge in [0.05, 0.1) is 17.4 Å². The Balaban J connectivity index is 2.03. The van der Waals surface area contributed by atoms with Crippen LogP contribution in [0.4, 0.5) is 0 Å². The summed E-state index contributed by atoms with van der Waals surface area (Å²) in [5.41, 5.74) is 2.30. The first-order chi connectivity index (χ1) is 7.84. The van der Waals surface area contributed by atoms with Crippen LogP contribution in [0.15, 0.2) is 29.0 Å². The second kappa shape index (κ2) is 4.18. The van der Waals surface area contributed by atoms with Gasteiger partial charge in [-0.1, -0.05) is 15.9 Å². The van der Waals surface area contributed by atoms with E-state index in [9.17, 15) is 0 Å². The first-order valence-corrected chi connectivity index (χ1v) is 6.47. The zero-order valence-electron chi connectivity index (χ0n) is 8.99. The summed E-state index contributed by atoms with van der Waals surface area (Å²) >= 11 is 3.48. The van der Waals surface area contributed by atoms with Gasteiger partial charge in [-0.3, -0.25) is 0 Å². The average Bonchev–Trinajstić information content (AvgIpc) is 2.73. The number of halogens is 1. The Hall–Kier alpha value is -0.870. The third-order valence-electron chi connectivity index (χ3n) is 3.20. The zero-order valence-corrected chi connectivity index (χ0v) is 10.6. The van der Waals surface area contributed by atoms with Gasteiger partial charge in [0, 0.05) is 17.1 Å². The predicted molar refractivity (Wildman–Crippen MR) is 68.6 cm³/mol. The summed E-state index contributed by atoms with van der Waals surface area (Å²) < 4.78 is 3.39. The van der Waals surface area contributed by atoms with E-state index in [-0.39, 0.29) is 0 Å². The number of hydrogen-bond donors (Lipinski definition) is 1. The van der Waals surface area contributed by atoms with Crippen LogP contribution < -0.4 is 5.32 Å². The molecule has 1 aliphatic heterocycles. The molecule has 1 atom stereocenters. The van der Waals surface area contributed by atoms with Crippen LogP contribution in [0.25, 0.3) is 11.0 Å². The maximum absolute atomic E-state index is 4.46. The number of piperidine rings is 1. The lowest BCUT2D eigenvalue weighted by atomic mass is 10.1. The smallest absolute Gasteiger partial charge is 0.0961 e. The molecule has 84 valence electrons. The summed E-state index contributed by atoms with van der Waals surface area (Å²) in [6, 6.07) is 6.85. The van der Waals surface area contributed by atoms with E-state index in [0.717, 1.165) is 23.1 Å². The topological polar surface area (TPSA) is 29.9 Å². The normalized spacial score (nSPS) is 21.4. The van der Waals surface area contributed by atoms with Crippen molar-refractivity contribution in [2.45, 2.75) is 18.9 Å². The van der Waals surface area contributed by atoms with Gasteiger partial charge in [0.2, 0.25) is 0 Å². The molecule has 1 aromatic carbocycles. The van der Waals surface area contributed by atoms with E-state index in [1.165, 1.54) is 18.4 Å². The third kappa shape index (κ3) is 1.76. The van der Waals surface area contributed by atoms with Crippen LogP contribution in [-0.2, 0) is 0 Å². The first kappa shape index (κ1) is 10.3. The van der Waals surface area contributed by atoms with E-state index in [1.54, 1.807) is 0 Å². The fraction of sp³-hybridized carbons (Fsp3) is 0.417. The quantitative estimate of drug-likeness (QED) is 0.870. The van der Waals surface area contributed by atoms with Crippen molar-refractivity contribution in [3.63, 3.8) is 0 Å². The van der Waals surface area contributed by atoms with Crippen molar-refractivity contribution in [3.05, 3.63) is 29.0 Å². The lowest BCUT2D eigenvalue weighted by Crippen LogP contribution is -2.31. The van der Waals surface area contributed by atoms with Gasteiger partial charge >= 0.3 is 0 Å². The standard InChI is InChI=1S/C12H14BrN3/c13-9-3-4-12-11(6-9)15-8-16(12)10-2-1-5-14-7-10/h3-4,6,8,10,14H,1-2,5,7H2. The summed E-state index contributed by atoms with van der Waals surface area (Å²) in [7, 11) is 0. The molecule has 0 saturated carbocycles. The number of nitrogens with one attached hydrogen (secondary N) is 1. The summed E-state index contributed by atoms with van der Waals surface area (Å²) in [4.78, 5) is 4.46. The number of nitrogens with zero attached hydrogens (tertiary/aromatic N) is 2. The lowest BCUT2D eigenvalue weighted by molar-refractivity contribution is 0.378. The summed E-state index contributed by atoms with van der Waals surface area (Å²) in [6.07, 6.45) is 4.46. The van der Waals surface area contributed by atoms with Crippen LogP contribution in [0.5, 0.6) is 0 Å². The van der Waals surface area contributed by atoms with Crippen molar-refractivity contribution in [2.75, 3.05) is 13.1 Å². The summed E-state index contributed by atoms with van der Waals surface area (Å²) in [5, 5.41) is 3.44. The highest BCUT2D eigenvalue weighted by molar-refractivity contribution is 9.10. The number of benzene rings is 1. The molecule has 3 nitrogen and oxygen atoms in total. The van der Waals surface area contributed by atoms with Gasteiger partial charge in [-0.05, 0) is 37.6 Å². The van der Waals surface area contributed by atoms with Gasteiger partial charge in [0.25, 0.3) is 0 Å². The fourth-order valence-electron chi connectivity index (χ4n) is 2.37. The summed E-state index contributed by atoms with van der Waals surface area (Å²) in [5.74, 6) is 0. The van der Waals surface area contributed by atoms with Crippen molar-refractivity contribution in [2.24, 2.45) is 0 Å². The highest BCUT2D eigenvalue weighted by Gasteiger charge is 2.16. The first-order valence-electron chi connectivity index (χ1n) is 5.67. The zero-order chi connectivity index (χ0) is 11.0. The molecular formula is C12H14BrN3. The number of imidazole rings is 1. The van der Waals surface area contributed by atoms with Crippen LogP contribution in [-0.4, -0.2) is 22.6 Å². The maximum atomic E-state index is 4.46. The minimum absolute atomic E-state index is 0.555. The second-order valence-electron chi connectivity index (χ2n) is 4.29. The van der Waals surface area contributed by atoms with Crippen LogP contribution in [0.2, 0.25) is 0 Å². The number of rotatable bonds is 1. The molecule has 0 spiro atoms. The molecule has 0 bridgehead atoms. The minimum Gasteiger partial charge on any atom is -0.326 e. The summed E-state index contributed by atoms with van der Waals surface area (Å²) in [6.45, 7) is 2.20. The molecule has 2 heterocycles. The third-order valence-corrected chi connectivity index (χ3v) is 3.69. The average molecular weight is 280 g/mol. The van der Waals surface area contributed by atoms with Gasteiger partial charge in [-0.2, -0.15) is 0 Å². The predicted octanol–water partition coefficient (Wildman–Crippen LogP) is 2.72. The number of aromatic nitrogens is 2. The molecule has 1 fully saturated rings. The highest BCUT2D eigenvalue weighted by Crippen LogP contribution is 2.24. The van der Waals surface area contributed by atoms with Crippen molar-refractivity contribution in [1.29, 1.82) is 0 Å². The Labute approximate surface area is 103 Å². The van der Waals surface area contributed by atoms with Crippen LogP contribution in [0.1, 0.15) is 18.9 Å². The molecule has 1 unspecified atom stereocenters. The number of fused-ring (bicyclic) bond motifs is 1. The molecule has 1 N–H and O–H groups in total. The van der Waals surface area contributed by atoms with E-state index in [0.29, 0.717) is 6.04 Å². The number of hydrogen-bond acceptors (Lipinski definition) is 2. The monoisotopic (exact) mass is 279 g/mol. The highest BCUT2D eigenvalue weighted by atomic mass is 79.9. The van der Waals surface area contributed by atoms with Crippen LogP contribution >= 0.6 is 15.9 Å². The van der Waals surface area contributed by atoms with Gasteiger partial charge in [-0.25, -0.2) is 4.98 Å². The Morgan fingerprint density at radius 1 is 1.44 bits per heavy atom. The SMILES string of the molecule is Brc1ccc2c(c1)ncn2C1CCCNC1. The molecule has 0 radical (unpaired) electrons. The molecule has 1 aromatic heterocycles. The van der Waals surface area contributed by atoms with Crippen molar-refractivity contribution < 1.29 is 0 Å². The molecule has 16 heavy (non-hydrogen) atoms. The van der Waals surface area contributed by atoms with Gasteiger partial charge in [0.1, 0.15) is 0 Å². The second-order valence-corrected chi connectivity index (χ2v) is 5.20. The van der Waals surface area contributed by atoms with Crippen LogP contribution in [0, 0.1) is 0 Å². The Morgan fingerprint density at radius 2 is 2.38 bits per heavy atom. The van der Waals surface area contributed by atoms with Crippen molar-refractivity contribution in [3.8, 4) is 0 Å². The van der Waals surface area contributed by atoms with Gasteiger partial charge in [-0.15, -0.1) is 0 Å². The molecular weight excluding hydrogens is 266 g/mol. The molecule has 1 aliphatic rings. The van der Waals surface area contributed by atoms with Crippen molar-refractivity contribution >= 4 is 27.0 Å². The Kier molecular flexibility index (Phi) is 2.69. The van der Waals surface area contributed by atoms with E-state index in [2.05, 4.69) is 49.0 Å². The largest absolute Gasteiger partial charge is 0.326 e. The van der Waals surface area contributed by atoms with E-state index >= 15 is 0 Å². The van der Waals surface area contributed by atoms with E-state index < -0.39 is 0 Å². The maximum Gasteiger partial charge on any atom is 0.0961 e. The minimum atomic E-state index is 0.555. The molecule has 2 aromatic rings. The molecule has 0 aliphatic carbocycles. The molecule has 1 saturated heterocycles. The molecule has 3 rings (SSSR count). The Bertz CT molecular complexity index is 500. The lowest BCUT2D eigenvalue weighted by Gasteiger charge is -2.24. The van der Waals surface area contributed by atoms with Crippen LogP contribution in [0.3, 0.4) is 0 Å². The molecule has 4 heteroatoms. The van der Waals surface area contributed by atoms with E-state index in [4.69, 9.17) is 0 Å². The fourth-order valence-corrected chi connectivity index (χ4v) is 2.72. The Morgan fingerprint density at radius 3 is 3.19 bits per heavy atom. The van der Waals surface area contributed by atoms with Crippen molar-refractivity contribution in [1.82, 2.24) is 14.9 Å². The van der Waals surface area contributed by atoms with Gasteiger partial charge in [0.15, 0.2) is 0 Å². The van der Waals surface area contributed by atoms with Gasteiger partial charge < -0.3 is 9.88 Å².